The van der Waals surface area contributed by atoms with Crippen molar-refractivity contribution >= 4 is 15.8 Å². The molecule has 0 spiro atoms. The maximum Gasteiger partial charge on any atom is 0.243 e. The topological polar surface area (TPSA) is 71.5 Å². The molecular weight excluding hydrogens is 290 g/mol. The summed E-state index contributed by atoms with van der Waals surface area (Å²) in [6.45, 7) is 6.20. The van der Waals surface area contributed by atoms with E-state index >= 15 is 0 Å². The van der Waals surface area contributed by atoms with Gasteiger partial charge < -0.3 is 10.1 Å². The standard InChI is InChI=1S/C14H23N3O3S/c1-3-6-15-14-10-13(5-7-16-14)21(18,19)17-8-4-9-20-12(2)11-17/h5,7,10,12H,3-4,6,8-9,11H2,1-2H3,(H,15,16). The fraction of sp³-hybridized carbons (Fsp3) is 0.643. The van der Waals surface area contributed by atoms with E-state index in [0.717, 1.165) is 19.4 Å². The molecule has 1 atom stereocenters. The van der Waals surface area contributed by atoms with Crippen molar-refractivity contribution in [1.82, 2.24) is 9.29 Å². The zero-order valence-corrected chi connectivity index (χ0v) is 13.4. The first-order valence-electron chi connectivity index (χ1n) is 7.35. The lowest BCUT2D eigenvalue weighted by Crippen LogP contribution is -2.36. The lowest BCUT2D eigenvalue weighted by atomic mass is 10.4. The minimum Gasteiger partial charge on any atom is -0.377 e. The molecule has 1 N–H and O–H groups in total. The van der Waals surface area contributed by atoms with Gasteiger partial charge >= 0.3 is 0 Å². The van der Waals surface area contributed by atoms with Crippen molar-refractivity contribution in [1.29, 1.82) is 0 Å². The summed E-state index contributed by atoms with van der Waals surface area (Å²) < 4.78 is 32.5. The van der Waals surface area contributed by atoms with E-state index in [1.165, 1.54) is 10.5 Å². The summed E-state index contributed by atoms with van der Waals surface area (Å²) in [6.07, 6.45) is 3.12. The molecule has 2 heterocycles. The third-order valence-corrected chi connectivity index (χ3v) is 5.20. The molecule has 0 bridgehead atoms. The van der Waals surface area contributed by atoms with Crippen molar-refractivity contribution < 1.29 is 13.2 Å². The Kier molecular flexibility index (Phi) is 5.55. The van der Waals surface area contributed by atoms with Gasteiger partial charge in [0.25, 0.3) is 0 Å². The number of rotatable bonds is 5. The average Bonchev–Trinajstić information content (AvgIpc) is 2.70. The van der Waals surface area contributed by atoms with Gasteiger partial charge in [-0.2, -0.15) is 4.31 Å². The van der Waals surface area contributed by atoms with Gasteiger partial charge in [0.15, 0.2) is 0 Å². The van der Waals surface area contributed by atoms with Crippen LogP contribution in [0.4, 0.5) is 5.82 Å². The van der Waals surface area contributed by atoms with Gasteiger partial charge in [-0.05, 0) is 25.8 Å². The molecule has 1 saturated heterocycles. The summed E-state index contributed by atoms with van der Waals surface area (Å²) in [4.78, 5) is 4.43. The Morgan fingerprint density at radius 2 is 2.33 bits per heavy atom. The fourth-order valence-electron chi connectivity index (χ4n) is 2.24. The predicted molar refractivity (Wildman–Crippen MR) is 81.8 cm³/mol. The Bertz CT molecular complexity index is 562. The van der Waals surface area contributed by atoms with Crippen molar-refractivity contribution in [2.45, 2.75) is 37.7 Å². The Hall–Kier alpha value is -1.18. The van der Waals surface area contributed by atoms with Crippen LogP contribution in [-0.4, -0.2) is 50.1 Å². The van der Waals surface area contributed by atoms with Crippen LogP contribution >= 0.6 is 0 Å². The molecule has 1 aliphatic rings. The highest BCUT2D eigenvalue weighted by atomic mass is 32.2. The van der Waals surface area contributed by atoms with Crippen molar-refractivity contribution in [2.24, 2.45) is 0 Å². The number of aromatic nitrogens is 1. The number of hydrogen-bond acceptors (Lipinski definition) is 5. The molecule has 21 heavy (non-hydrogen) atoms. The van der Waals surface area contributed by atoms with E-state index in [4.69, 9.17) is 4.74 Å². The van der Waals surface area contributed by atoms with Crippen LogP contribution in [0.25, 0.3) is 0 Å². The van der Waals surface area contributed by atoms with Crippen LogP contribution in [0.3, 0.4) is 0 Å². The van der Waals surface area contributed by atoms with Crippen LogP contribution in [0.2, 0.25) is 0 Å². The first-order chi connectivity index (χ1) is 10.0. The van der Waals surface area contributed by atoms with Crippen LogP contribution < -0.4 is 5.32 Å². The molecule has 1 unspecified atom stereocenters. The highest BCUT2D eigenvalue weighted by molar-refractivity contribution is 7.89. The predicted octanol–water partition coefficient (Wildman–Crippen LogP) is 1.70. The first-order valence-corrected chi connectivity index (χ1v) is 8.79. The smallest absolute Gasteiger partial charge is 0.243 e. The Balaban J connectivity index is 2.21. The molecule has 0 aromatic carbocycles. The highest BCUT2D eigenvalue weighted by Gasteiger charge is 2.28. The number of anilines is 1. The molecule has 2 rings (SSSR count). The fourth-order valence-corrected chi connectivity index (χ4v) is 3.81. The van der Waals surface area contributed by atoms with Crippen molar-refractivity contribution in [3.05, 3.63) is 18.3 Å². The molecule has 6 nitrogen and oxygen atoms in total. The third-order valence-electron chi connectivity index (χ3n) is 3.34. The van der Waals surface area contributed by atoms with Gasteiger partial charge in [0.1, 0.15) is 5.82 Å². The van der Waals surface area contributed by atoms with Gasteiger partial charge in [-0.25, -0.2) is 13.4 Å². The average molecular weight is 313 g/mol. The normalized spacial score (nSPS) is 21.0. The minimum atomic E-state index is -3.49. The van der Waals surface area contributed by atoms with Crippen molar-refractivity contribution in [2.75, 3.05) is 31.6 Å². The van der Waals surface area contributed by atoms with Crippen LogP contribution in [0.5, 0.6) is 0 Å². The number of hydrogen-bond donors (Lipinski definition) is 1. The maximum absolute atomic E-state index is 12.7. The SMILES string of the molecule is CCCNc1cc(S(=O)(=O)N2CCCOC(C)C2)ccn1. The summed E-state index contributed by atoms with van der Waals surface area (Å²) in [7, 11) is -3.49. The highest BCUT2D eigenvalue weighted by Crippen LogP contribution is 2.20. The van der Waals surface area contributed by atoms with Gasteiger partial charge in [-0.1, -0.05) is 6.92 Å². The summed E-state index contributed by atoms with van der Waals surface area (Å²) in [6, 6.07) is 3.14. The first kappa shape index (κ1) is 16.2. The Morgan fingerprint density at radius 3 is 3.10 bits per heavy atom. The van der Waals surface area contributed by atoms with E-state index in [2.05, 4.69) is 10.3 Å². The van der Waals surface area contributed by atoms with Crippen LogP contribution in [0.1, 0.15) is 26.7 Å². The number of nitrogens with zero attached hydrogens (tertiary/aromatic N) is 2. The number of ether oxygens (including phenoxy) is 1. The molecule has 0 saturated carbocycles. The van der Waals surface area contributed by atoms with Crippen molar-refractivity contribution in [3.8, 4) is 0 Å². The van der Waals surface area contributed by atoms with E-state index in [0.29, 0.717) is 25.5 Å². The number of pyridine rings is 1. The van der Waals surface area contributed by atoms with E-state index in [9.17, 15) is 8.42 Å². The lowest BCUT2D eigenvalue weighted by molar-refractivity contribution is 0.0752. The van der Waals surface area contributed by atoms with Gasteiger partial charge in [-0.3, -0.25) is 0 Å². The molecule has 1 fully saturated rings. The number of nitrogens with one attached hydrogen (secondary N) is 1. The molecule has 1 aliphatic heterocycles. The van der Waals surface area contributed by atoms with Crippen molar-refractivity contribution in [3.63, 3.8) is 0 Å². The summed E-state index contributed by atoms with van der Waals surface area (Å²) in [5.41, 5.74) is 0. The largest absolute Gasteiger partial charge is 0.377 e. The van der Waals surface area contributed by atoms with E-state index in [1.807, 2.05) is 13.8 Å². The zero-order chi connectivity index (χ0) is 15.3. The maximum atomic E-state index is 12.7. The quantitative estimate of drug-likeness (QED) is 0.896. The molecule has 0 aliphatic carbocycles. The molecule has 1 aromatic rings. The molecule has 1 aromatic heterocycles. The Labute approximate surface area is 126 Å². The van der Waals surface area contributed by atoms with Gasteiger partial charge in [0.05, 0.1) is 11.0 Å². The molecule has 118 valence electrons. The minimum absolute atomic E-state index is 0.0817. The van der Waals surface area contributed by atoms with Gasteiger partial charge in [-0.15, -0.1) is 0 Å². The monoisotopic (exact) mass is 313 g/mol. The third kappa shape index (κ3) is 4.15. The Morgan fingerprint density at radius 1 is 1.52 bits per heavy atom. The molecule has 0 radical (unpaired) electrons. The van der Waals surface area contributed by atoms with Gasteiger partial charge in [0, 0.05) is 38.5 Å². The van der Waals surface area contributed by atoms with E-state index < -0.39 is 10.0 Å². The summed E-state index contributed by atoms with van der Waals surface area (Å²) in [5.74, 6) is 0.594. The van der Waals surface area contributed by atoms with E-state index in [-0.39, 0.29) is 11.0 Å². The lowest BCUT2D eigenvalue weighted by Gasteiger charge is -2.21. The van der Waals surface area contributed by atoms with Crippen LogP contribution in [-0.2, 0) is 14.8 Å². The second-order valence-corrected chi connectivity index (χ2v) is 7.14. The molecular formula is C14H23N3O3S. The summed E-state index contributed by atoms with van der Waals surface area (Å²) >= 11 is 0. The van der Waals surface area contributed by atoms with Crippen LogP contribution in [0.15, 0.2) is 23.2 Å². The van der Waals surface area contributed by atoms with E-state index in [1.54, 1.807) is 12.1 Å². The molecule has 0 amide bonds. The summed E-state index contributed by atoms with van der Waals surface area (Å²) in [5, 5.41) is 3.11. The molecule has 7 heteroatoms. The zero-order valence-electron chi connectivity index (χ0n) is 12.6. The van der Waals surface area contributed by atoms with Crippen LogP contribution in [0, 0.1) is 0 Å². The second-order valence-electron chi connectivity index (χ2n) is 5.20. The number of sulfonamides is 1. The second kappa shape index (κ2) is 7.20. The van der Waals surface area contributed by atoms with Gasteiger partial charge in [0.2, 0.25) is 10.0 Å².